The smallest absolute Gasteiger partial charge is 0.232 e. The van der Waals surface area contributed by atoms with Crippen molar-refractivity contribution in [2.75, 3.05) is 28.9 Å². The molecule has 228 valence electrons. The molecule has 1 saturated heterocycles. The number of hydrogen-bond donors (Lipinski definition) is 3. The average molecular weight is 625 g/mol. The van der Waals surface area contributed by atoms with Crippen LogP contribution in [-0.2, 0) is 15.4 Å². The van der Waals surface area contributed by atoms with Crippen molar-refractivity contribution in [1.82, 2.24) is 20.3 Å². The van der Waals surface area contributed by atoms with Crippen LogP contribution in [0.4, 0.5) is 21.7 Å². The van der Waals surface area contributed by atoms with Gasteiger partial charge < -0.3 is 15.4 Å². The molecule has 0 spiro atoms. The standard InChI is InChI=1S/C31H37FN6O3S2/c1-5-18-43(39,40)38-24-11-7-10-23(26(24)32)27-28(42-29(37-27)31(2,3)4)25-14-17-34-30(36-25)35-20-8-6-9-22(19-20)41-21-12-15-33-16-13-21/h6-11,14,17,19,21,33,38H,5,12-13,15-16,18H2,1-4H3,(H,34,35,36). The average Bonchev–Trinajstić information content (AvgIpc) is 3.41. The molecule has 2 aromatic heterocycles. The van der Waals surface area contributed by atoms with Crippen LogP contribution in [0, 0.1) is 5.82 Å². The third-order valence-corrected chi connectivity index (χ3v) is 9.81. The Morgan fingerprint density at radius 2 is 1.86 bits per heavy atom. The van der Waals surface area contributed by atoms with E-state index in [1.54, 1.807) is 31.3 Å². The summed E-state index contributed by atoms with van der Waals surface area (Å²) in [5.41, 5.74) is 1.51. The zero-order valence-corrected chi connectivity index (χ0v) is 26.4. The molecule has 0 radical (unpaired) electrons. The largest absolute Gasteiger partial charge is 0.490 e. The molecule has 0 bridgehead atoms. The second-order valence-electron chi connectivity index (χ2n) is 11.5. The number of hydrogen-bond acceptors (Lipinski definition) is 9. The molecule has 12 heteroatoms. The Morgan fingerprint density at radius 1 is 1.09 bits per heavy atom. The molecule has 43 heavy (non-hydrogen) atoms. The minimum absolute atomic E-state index is 0.101. The molecular weight excluding hydrogens is 588 g/mol. The van der Waals surface area contributed by atoms with Crippen LogP contribution >= 0.6 is 11.3 Å². The van der Waals surface area contributed by atoms with Crippen LogP contribution in [0.5, 0.6) is 5.75 Å². The highest BCUT2D eigenvalue weighted by molar-refractivity contribution is 7.92. The van der Waals surface area contributed by atoms with Gasteiger partial charge in [0, 0.05) is 28.9 Å². The van der Waals surface area contributed by atoms with E-state index in [2.05, 4.69) is 20.3 Å². The number of thiazole rings is 1. The van der Waals surface area contributed by atoms with E-state index in [9.17, 15) is 8.42 Å². The lowest BCUT2D eigenvalue weighted by Gasteiger charge is -2.24. The highest BCUT2D eigenvalue weighted by Crippen LogP contribution is 2.42. The molecule has 2 aromatic carbocycles. The second kappa shape index (κ2) is 12.9. The first kappa shape index (κ1) is 30.8. The van der Waals surface area contributed by atoms with Gasteiger partial charge in [-0.3, -0.25) is 4.72 Å². The number of nitrogens with zero attached hydrogens (tertiary/aromatic N) is 3. The SMILES string of the molecule is CCCS(=O)(=O)Nc1cccc(-c2nc(C(C)(C)C)sc2-c2ccnc(Nc3cccc(OC4CCNCC4)c3)n2)c1F. The van der Waals surface area contributed by atoms with Gasteiger partial charge in [-0.15, -0.1) is 11.3 Å². The van der Waals surface area contributed by atoms with Gasteiger partial charge >= 0.3 is 0 Å². The summed E-state index contributed by atoms with van der Waals surface area (Å²) in [6.45, 7) is 9.77. The summed E-state index contributed by atoms with van der Waals surface area (Å²) in [6, 6.07) is 14.1. The number of anilines is 3. The quantitative estimate of drug-likeness (QED) is 0.178. The molecule has 9 nitrogen and oxygen atoms in total. The molecule has 4 aromatic rings. The number of halogens is 1. The zero-order valence-electron chi connectivity index (χ0n) is 24.8. The lowest BCUT2D eigenvalue weighted by Crippen LogP contribution is -2.34. The second-order valence-corrected chi connectivity index (χ2v) is 14.4. The Morgan fingerprint density at radius 3 is 2.60 bits per heavy atom. The molecule has 3 heterocycles. The predicted molar refractivity (Wildman–Crippen MR) is 171 cm³/mol. The summed E-state index contributed by atoms with van der Waals surface area (Å²) in [6.07, 6.45) is 4.17. The van der Waals surface area contributed by atoms with Crippen molar-refractivity contribution in [2.45, 2.75) is 58.5 Å². The Bertz CT molecular complexity index is 1680. The van der Waals surface area contributed by atoms with Gasteiger partial charge in [-0.25, -0.2) is 27.8 Å². The van der Waals surface area contributed by atoms with E-state index in [-0.39, 0.29) is 28.5 Å². The van der Waals surface area contributed by atoms with Crippen molar-refractivity contribution in [3.8, 4) is 27.6 Å². The Hall–Kier alpha value is -3.61. The fourth-order valence-electron chi connectivity index (χ4n) is 4.71. The topological polar surface area (TPSA) is 118 Å². The van der Waals surface area contributed by atoms with E-state index in [0.717, 1.165) is 42.4 Å². The fraction of sp³-hybridized carbons (Fsp3) is 0.387. The molecular formula is C31H37FN6O3S2. The number of piperidine rings is 1. The van der Waals surface area contributed by atoms with E-state index in [0.29, 0.717) is 28.6 Å². The van der Waals surface area contributed by atoms with Crippen LogP contribution in [0.3, 0.4) is 0 Å². The molecule has 1 aliphatic heterocycles. The molecule has 0 atom stereocenters. The van der Waals surface area contributed by atoms with E-state index in [1.807, 2.05) is 45.0 Å². The molecule has 0 amide bonds. The Kier molecular flexibility index (Phi) is 9.28. The van der Waals surface area contributed by atoms with Crippen LogP contribution in [0.1, 0.15) is 52.0 Å². The maximum Gasteiger partial charge on any atom is 0.232 e. The van der Waals surface area contributed by atoms with Crippen molar-refractivity contribution >= 4 is 38.7 Å². The van der Waals surface area contributed by atoms with Crippen LogP contribution in [-0.4, -0.2) is 48.3 Å². The molecule has 0 unspecified atom stereocenters. The minimum atomic E-state index is -3.68. The molecule has 5 rings (SSSR count). The van der Waals surface area contributed by atoms with E-state index >= 15 is 4.39 Å². The number of rotatable bonds is 10. The minimum Gasteiger partial charge on any atom is -0.490 e. The van der Waals surface area contributed by atoms with Gasteiger partial charge in [0.25, 0.3) is 0 Å². The lowest BCUT2D eigenvalue weighted by molar-refractivity contribution is 0.162. The van der Waals surface area contributed by atoms with Crippen molar-refractivity contribution in [3.05, 3.63) is 65.6 Å². The van der Waals surface area contributed by atoms with Gasteiger partial charge in [-0.05, 0) is 62.7 Å². The Labute approximate surface area is 256 Å². The number of nitrogens with one attached hydrogen (secondary N) is 3. The molecule has 1 fully saturated rings. The third-order valence-electron chi connectivity index (χ3n) is 6.83. The number of ether oxygens (including phenoxy) is 1. The number of benzene rings is 2. The lowest BCUT2D eigenvalue weighted by atomic mass is 9.98. The Balaban J connectivity index is 1.47. The summed E-state index contributed by atoms with van der Waals surface area (Å²) < 4.78 is 49.3. The normalized spacial score (nSPS) is 14.4. The fourth-order valence-corrected chi connectivity index (χ4v) is 6.94. The highest BCUT2D eigenvalue weighted by atomic mass is 32.2. The van der Waals surface area contributed by atoms with Gasteiger partial charge in [-0.1, -0.05) is 39.8 Å². The van der Waals surface area contributed by atoms with Crippen LogP contribution in [0.25, 0.3) is 21.8 Å². The van der Waals surface area contributed by atoms with Gasteiger partial charge in [0.15, 0.2) is 5.82 Å². The molecule has 0 saturated carbocycles. The van der Waals surface area contributed by atoms with Gasteiger partial charge in [-0.2, -0.15) is 0 Å². The predicted octanol–water partition coefficient (Wildman–Crippen LogP) is 6.73. The monoisotopic (exact) mass is 624 g/mol. The van der Waals surface area contributed by atoms with Gasteiger partial charge in [0.05, 0.1) is 32.7 Å². The zero-order chi connectivity index (χ0) is 30.6. The summed E-state index contributed by atoms with van der Waals surface area (Å²) >= 11 is 1.43. The van der Waals surface area contributed by atoms with Crippen molar-refractivity contribution in [2.24, 2.45) is 0 Å². The number of sulfonamides is 1. The maximum absolute atomic E-state index is 15.9. The van der Waals surface area contributed by atoms with Crippen LogP contribution < -0.4 is 20.1 Å². The molecule has 0 aliphatic carbocycles. The van der Waals surface area contributed by atoms with E-state index in [4.69, 9.17) is 14.7 Å². The van der Waals surface area contributed by atoms with Crippen LogP contribution in [0.2, 0.25) is 0 Å². The van der Waals surface area contributed by atoms with Crippen LogP contribution in [0.15, 0.2) is 54.7 Å². The number of aromatic nitrogens is 3. The van der Waals surface area contributed by atoms with Gasteiger partial charge in [0.2, 0.25) is 16.0 Å². The highest BCUT2D eigenvalue weighted by Gasteiger charge is 2.26. The summed E-state index contributed by atoms with van der Waals surface area (Å²) in [4.78, 5) is 14.7. The molecule has 1 aliphatic rings. The van der Waals surface area contributed by atoms with Crippen molar-refractivity contribution in [3.63, 3.8) is 0 Å². The van der Waals surface area contributed by atoms with Crippen molar-refractivity contribution in [1.29, 1.82) is 0 Å². The van der Waals surface area contributed by atoms with E-state index < -0.39 is 15.8 Å². The summed E-state index contributed by atoms with van der Waals surface area (Å²) in [5, 5.41) is 7.41. The summed E-state index contributed by atoms with van der Waals surface area (Å²) in [5.74, 6) is 0.357. The van der Waals surface area contributed by atoms with Crippen molar-refractivity contribution < 1.29 is 17.5 Å². The molecule has 3 N–H and O–H groups in total. The first-order chi connectivity index (χ1) is 20.5. The third kappa shape index (κ3) is 7.67. The van der Waals surface area contributed by atoms with E-state index in [1.165, 1.54) is 17.4 Å². The summed E-state index contributed by atoms with van der Waals surface area (Å²) in [7, 11) is -3.68. The first-order valence-corrected chi connectivity index (χ1v) is 16.9. The van der Waals surface area contributed by atoms with Gasteiger partial charge in [0.1, 0.15) is 11.9 Å². The maximum atomic E-state index is 15.9. The first-order valence-electron chi connectivity index (χ1n) is 14.4.